The van der Waals surface area contributed by atoms with Crippen LogP contribution in [0.1, 0.15) is 168 Å². The highest BCUT2D eigenvalue weighted by molar-refractivity contribution is 4.84. The van der Waals surface area contributed by atoms with Crippen LogP contribution >= 0.6 is 0 Å². The lowest BCUT2D eigenvalue weighted by Crippen LogP contribution is -2.38. The molecule has 0 aromatic carbocycles. The van der Waals surface area contributed by atoms with Crippen molar-refractivity contribution in [2.75, 3.05) is 0 Å². The van der Waals surface area contributed by atoms with Crippen molar-refractivity contribution in [2.45, 2.75) is 168 Å². The molecule has 0 saturated carbocycles. The van der Waals surface area contributed by atoms with Crippen molar-refractivity contribution in [3.63, 3.8) is 0 Å². The van der Waals surface area contributed by atoms with E-state index < -0.39 is 0 Å². The summed E-state index contributed by atoms with van der Waals surface area (Å²) in [5, 5.41) is 0. The van der Waals surface area contributed by atoms with E-state index in [1.165, 1.54) is 148 Å². The minimum absolute atomic E-state index is 0.712. The maximum atomic E-state index is 2.47. The first-order valence-corrected chi connectivity index (χ1v) is 14.8. The van der Waals surface area contributed by atoms with Gasteiger partial charge < -0.3 is 0 Å². The topological polar surface area (TPSA) is 3.88 Å². The third kappa shape index (κ3) is 17.7. The highest BCUT2D eigenvalue weighted by Crippen LogP contribution is 2.19. The summed E-state index contributed by atoms with van der Waals surface area (Å²) in [4.78, 5) is 0. The molecular formula is C31H58N+. The SMILES string of the molecule is CCCCCCCCCCCCCCCCCCCC(CCCCCC)[n+]1ccccc1. The van der Waals surface area contributed by atoms with Gasteiger partial charge in [-0.2, -0.15) is 0 Å². The summed E-state index contributed by atoms with van der Waals surface area (Å²) in [5.74, 6) is 0. The Morgan fingerprint density at radius 2 is 0.719 bits per heavy atom. The predicted octanol–water partition coefficient (Wildman–Crippen LogP) is 10.5. The van der Waals surface area contributed by atoms with E-state index in [4.69, 9.17) is 0 Å². The van der Waals surface area contributed by atoms with Gasteiger partial charge >= 0.3 is 0 Å². The molecule has 1 aromatic heterocycles. The molecule has 0 bridgehead atoms. The molecule has 1 unspecified atom stereocenters. The van der Waals surface area contributed by atoms with Crippen molar-refractivity contribution in [1.82, 2.24) is 0 Å². The summed E-state index contributed by atoms with van der Waals surface area (Å²) in [6, 6.07) is 7.23. The van der Waals surface area contributed by atoms with Crippen LogP contribution in [0, 0.1) is 0 Å². The Balaban J connectivity index is 1.92. The Morgan fingerprint density at radius 3 is 1.09 bits per heavy atom. The van der Waals surface area contributed by atoms with Crippen LogP contribution in [-0.2, 0) is 0 Å². The zero-order valence-electron chi connectivity index (χ0n) is 22.2. The van der Waals surface area contributed by atoms with Crippen LogP contribution in [0.5, 0.6) is 0 Å². The van der Waals surface area contributed by atoms with Crippen molar-refractivity contribution in [1.29, 1.82) is 0 Å². The molecule has 32 heavy (non-hydrogen) atoms. The van der Waals surface area contributed by atoms with Gasteiger partial charge in [0.1, 0.15) is 0 Å². The van der Waals surface area contributed by atoms with Gasteiger partial charge in [0.05, 0.1) is 0 Å². The van der Waals surface area contributed by atoms with E-state index in [2.05, 4.69) is 49.0 Å². The van der Waals surface area contributed by atoms with Crippen LogP contribution in [0.2, 0.25) is 0 Å². The molecule has 186 valence electrons. The lowest BCUT2D eigenvalue weighted by Gasteiger charge is -2.12. The van der Waals surface area contributed by atoms with Gasteiger partial charge in [0.2, 0.25) is 0 Å². The molecule has 0 aliphatic heterocycles. The Hall–Kier alpha value is -0.850. The fraction of sp³-hybridized carbons (Fsp3) is 0.839. The fourth-order valence-corrected chi connectivity index (χ4v) is 5.01. The second-order valence-electron chi connectivity index (χ2n) is 10.3. The summed E-state index contributed by atoms with van der Waals surface area (Å²) in [5.41, 5.74) is 0. The van der Waals surface area contributed by atoms with E-state index in [0.717, 1.165) is 0 Å². The molecule has 0 fully saturated rings. The van der Waals surface area contributed by atoms with Gasteiger partial charge in [0.15, 0.2) is 18.4 Å². The van der Waals surface area contributed by atoms with E-state index in [1.54, 1.807) is 0 Å². The Bertz CT molecular complexity index is 469. The maximum Gasteiger partial charge on any atom is 0.169 e. The van der Waals surface area contributed by atoms with Crippen LogP contribution in [0.25, 0.3) is 0 Å². The molecular weight excluding hydrogens is 386 g/mol. The molecule has 0 saturated heterocycles. The zero-order chi connectivity index (χ0) is 23.0. The van der Waals surface area contributed by atoms with Crippen molar-refractivity contribution < 1.29 is 4.57 Å². The molecule has 0 aliphatic rings. The van der Waals surface area contributed by atoms with Crippen molar-refractivity contribution >= 4 is 0 Å². The highest BCUT2D eigenvalue weighted by Gasteiger charge is 2.16. The third-order valence-corrected chi connectivity index (χ3v) is 7.19. The summed E-state index contributed by atoms with van der Waals surface area (Å²) in [6.45, 7) is 4.61. The molecule has 0 radical (unpaired) electrons. The lowest BCUT2D eigenvalue weighted by atomic mass is 9.99. The van der Waals surface area contributed by atoms with E-state index in [9.17, 15) is 0 Å². The van der Waals surface area contributed by atoms with E-state index >= 15 is 0 Å². The molecule has 1 nitrogen and oxygen atoms in total. The van der Waals surface area contributed by atoms with Crippen molar-refractivity contribution in [3.05, 3.63) is 30.6 Å². The lowest BCUT2D eigenvalue weighted by molar-refractivity contribution is -0.724. The summed E-state index contributed by atoms with van der Waals surface area (Å²) in [6.07, 6.45) is 37.5. The molecule has 0 spiro atoms. The molecule has 0 aliphatic carbocycles. The highest BCUT2D eigenvalue weighted by atomic mass is 15.0. The molecule has 0 amide bonds. The minimum atomic E-state index is 0.712. The largest absolute Gasteiger partial charge is 0.202 e. The van der Waals surface area contributed by atoms with Crippen LogP contribution in [0.4, 0.5) is 0 Å². The number of hydrogen-bond donors (Lipinski definition) is 0. The number of nitrogens with zero attached hydrogens (tertiary/aromatic N) is 1. The first kappa shape index (κ1) is 29.2. The van der Waals surface area contributed by atoms with Gasteiger partial charge in [-0.05, 0) is 12.8 Å². The first-order chi connectivity index (χ1) is 15.9. The fourth-order valence-electron chi connectivity index (χ4n) is 5.01. The van der Waals surface area contributed by atoms with Gasteiger partial charge in [-0.1, -0.05) is 142 Å². The Kier molecular flexibility index (Phi) is 21.3. The number of aromatic nitrogens is 1. The average molecular weight is 445 g/mol. The Morgan fingerprint density at radius 1 is 0.406 bits per heavy atom. The monoisotopic (exact) mass is 444 g/mol. The molecule has 1 heteroatoms. The van der Waals surface area contributed by atoms with E-state index in [-0.39, 0.29) is 0 Å². The van der Waals surface area contributed by atoms with Gasteiger partial charge in [-0.15, -0.1) is 0 Å². The molecule has 1 heterocycles. The minimum Gasteiger partial charge on any atom is -0.202 e. The van der Waals surface area contributed by atoms with Gasteiger partial charge in [-0.25, -0.2) is 4.57 Å². The van der Waals surface area contributed by atoms with Crippen LogP contribution in [0.3, 0.4) is 0 Å². The predicted molar refractivity (Wildman–Crippen MR) is 143 cm³/mol. The van der Waals surface area contributed by atoms with Gasteiger partial charge in [0.25, 0.3) is 0 Å². The zero-order valence-corrected chi connectivity index (χ0v) is 22.2. The standard InChI is InChI=1S/C31H58N/c1-3-5-7-9-10-11-12-13-14-15-16-17-18-19-20-21-24-28-31(27-23-8-6-4-2)32-29-25-22-26-30-32/h22,25-26,29-31H,3-21,23-24,27-28H2,1-2H3/q+1. The first-order valence-electron chi connectivity index (χ1n) is 14.8. The number of hydrogen-bond acceptors (Lipinski definition) is 0. The second-order valence-corrected chi connectivity index (χ2v) is 10.3. The normalized spacial score (nSPS) is 12.3. The number of unbranched alkanes of at least 4 members (excludes halogenated alkanes) is 19. The summed E-state index contributed by atoms with van der Waals surface area (Å²) >= 11 is 0. The van der Waals surface area contributed by atoms with Crippen molar-refractivity contribution in [3.8, 4) is 0 Å². The average Bonchev–Trinajstić information content (AvgIpc) is 2.83. The van der Waals surface area contributed by atoms with Crippen LogP contribution < -0.4 is 4.57 Å². The van der Waals surface area contributed by atoms with E-state index in [0.29, 0.717) is 6.04 Å². The second kappa shape index (κ2) is 23.3. The Labute approximate surface area is 202 Å². The smallest absolute Gasteiger partial charge is 0.169 e. The summed E-state index contributed by atoms with van der Waals surface area (Å²) < 4.78 is 2.47. The van der Waals surface area contributed by atoms with Crippen LogP contribution in [-0.4, -0.2) is 0 Å². The molecule has 0 N–H and O–H groups in total. The third-order valence-electron chi connectivity index (χ3n) is 7.19. The van der Waals surface area contributed by atoms with Gasteiger partial charge in [-0.3, -0.25) is 0 Å². The number of rotatable bonds is 24. The molecule has 1 aromatic rings. The quantitative estimate of drug-likeness (QED) is 0.110. The van der Waals surface area contributed by atoms with E-state index in [1.807, 2.05) is 0 Å². The van der Waals surface area contributed by atoms with Gasteiger partial charge in [0, 0.05) is 25.0 Å². The van der Waals surface area contributed by atoms with Crippen LogP contribution in [0.15, 0.2) is 30.6 Å². The van der Waals surface area contributed by atoms with Crippen molar-refractivity contribution in [2.24, 2.45) is 0 Å². The summed E-state index contributed by atoms with van der Waals surface area (Å²) in [7, 11) is 0. The number of pyridine rings is 1. The maximum absolute atomic E-state index is 2.47. The molecule has 1 rings (SSSR count). The molecule has 1 atom stereocenters.